The van der Waals surface area contributed by atoms with Crippen molar-refractivity contribution < 1.29 is 4.79 Å². The van der Waals surface area contributed by atoms with Gasteiger partial charge < -0.3 is 5.32 Å². The number of nitrogens with zero attached hydrogens (tertiary/aromatic N) is 3. The number of amides is 1. The zero-order valence-corrected chi connectivity index (χ0v) is 16.2. The van der Waals surface area contributed by atoms with Crippen LogP contribution in [0, 0.1) is 0 Å². The number of hydrogen-bond acceptors (Lipinski definition) is 4. The van der Waals surface area contributed by atoms with Crippen molar-refractivity contribution in [2.24, 2.45) is 0 Å². The first-order valence-corrected chi connectivity index (χ1v) is 9.80. The number of hydrogen-bond donors (Lipinski definition) is 2. The molecular weight excluding hydrogens is 374 g/mol. The number of carbonyl (C=O) groups is 1. The number of pyridine rings is 1. The summed E-state index contributed by atoms with van der Waals surface area (Å²) in [6.07, 6.45) is 7.49. The van der Waals surface area contributed by atoms with Crippen LogP contribution in [0.4, 0.5) is 0 Å². The molecule has 1 saturated heterocycles. The van der Waals surface area contributed by atoms with Crippen molar-refractivity contribution in [2.45, 2.75) is 25.4 Å². The smallest absolute Gasteiger partial charge is 0.242 e. The van der Waals surface area contributed by atoms with E-state index in [1.807, 2.05) is 36.4 Å². The molecule has 2 N–H and O–H groups in total. The van der Waals surface area contributed by atoms with E-state index >= 15 is 0 Å². The summed E-state index contributed by atoms with van der Waals surface area (Å²) in [6, 6.07) is 11.1. The Balaban J connectivity index is 1.50. The Bertz CT molecular complexity index is 919. The van der Waals surface area contributed by atoms with E-state index in [0.29, 0.717) is 11.6 Å². The third kappa shape index (κ3) is 4.08. The number of benzene rings is 1. The summed E-state index contributed by atoms with van der Waals surface area (Å²) >= 11 is 5.98. The van der Waals surface area contributed by atoms with Crippen LogP contribution in [0.15, 0.2) is 55.0 Å². The van der Waals surface area contributed by atoms with Crippen LogP contribution in [0.3, 0.4) is 0 Å². The van der Waals surface area contributed by atoms with Crippen LogP contribution in [-0.2, 0) is 11.3 Å². The van der Waals surface area contributed by atoms with Crippen molar-refractivity contribution in [2.75, 3.05) is 13.1 Å². The third-order valence-corrected chi connectivity index (χ3v) is 5.31. The number of likely N-dealkylation sites (tertiary alicyclic amines) is 1. The van der Waals surface area contributed by atoms with Crippen molar-refractivity contribution in [1.29, 1.82) is 0 Å². The number of H-pyrrole nitrogens is 1. The minimum Gasteiger partial charge on any atom is -0.350 e. The summed E-state index contributed by atoms with van der Waals surface area (Å²) in [4.78, 5) is 19.5. The van der Waals surface area contributed by atoms with Gasteiger partial charge in [0.25, 0.3) is 0 Å². The molecule has 7 heteroatoms. The SMILES string of the molecule is O=C(NCc1cn[nH]c1-c1ccc(Cl)cc1)[C@@H](c1cccnc1)N1CCCC1. The molecule has 1 aromatic carbocycles. The van der Waals surface area contributed by atoms with Gasteiger partial charge in [0, 0.05) is 29.5 Å². The zero-order chi connectivity index (χ0) is 19.3. The van der Waals surface area contributed by atoms with E-state index in [1.54, 1.807) is 18.6 Å². The standard InChI is InChI=1S/C21H22ClN5O/c22-18-7-5-15(6-8-18)19-17(14-25-26-19)13-24-21(28)20(27-10-1-2-11-27)16-4-3-9-23-12-16/h3-9,12,14,20H,1-2,10-11,13H2,(H,24,28)(H,25,26)/t20-/m1/s1. The summed E-state index contributed by atoms with van der Waals surface area (Å²) in [5.74, 6) is -0.0156. The fourth-order valence-corrected chi connectivity index (χ4v) is 3.78. The van der Waals surface area contributed by atoms with Crippen LogP contribution in [0.5, 0.6) is 0 Å². The van der Waals surface area contributed by atoms with Crippen LogP contribution >= 0.6 is 11.6 Å². The fraction of sp³-hybridized carbons (Fsp3) is 0.286. The molecule has 6 nitrogen and oxygen atoms in total. The van der Waals surface area contributed by atoms with Gasteiger partial charge in [-0.3, -0.25) is 19.8 Å². The van der Waals surface area contributed by atoms with Crippen LogP contribution in [0.2, 0.25) is 5.02 Å². The number of halogens is 1. The molecule has 0 aliphatic carbocycles. The van der Waals surface area contributed by atoms with Gasteiger partial charge in [-0.25, -0.2) is 0 Å². The highest BCUT2D eigenvalue weighted by molar-refractivity contribution is 6.30. The molecular formula is C21H22ClN5O. The molecule has 0 bridgehead atoms. The lowest BCUT2D eigenvalue weighted by Crippen LogP contribution is -2.39. The van der Waals surface area contributed by atoms with Gasteiger partial charge in [-0.2, -0.15) is 5.10 Å². The average Bonchev–Trinajstić information content (AvgIpc) is 3.40. The summed E-state index contributed by atoms with van der Waals surface area (Å²) in [7, 11) is 0. The fourth-order valence-electron chi connectivity index (χ4n) is 3.66. The Labute approximate surface area is 168 Å². The summed E-state index contributed by atoms with van der Waals surface area (Å²) in [6.45, 7) is 2.25. The van der Waals surface area contributed by atoms with Crippen molar-refractivity contribution in [3.8, 4) is 11.3 Å². The van der Waals surface area contributed by atoms with E-state index in [0.717, 1.165) is 48.3 Å². The quantitative estimate of drug-likeness (QED) is 0.669. The summed E-state index contributed by atoms with van der Waals surface area (Å²) in [5.41, 5.74) is 3.72. The predicted octanol–water partition coefficient (Wildman–Crippen LogP) is 3.58. The van der Waals surface area contributed by atoms with Crippen LogP contribution in [0.25, 0.3) is 11.3 Å². The Morgan fingerprint density at radius 3 is 2.68 bits per heavy atom. The number of nitrogens with one attached hydrogen (secondary N) is 2. The molecule has 1 aliphatic heterocycles. The van der Waals surface area contributed by atoms with Gasteiger partial charge in [-0.15, -0.1) is 0 Å². The largest absolute Gasteiger partial charge is 0.350 e. The molecule has 1 aliphatic rings. The van der Waals surface area contributed by atoms with E-state index in [1.165, 1.54) is 0 Å². The van der Waals surface area contributed by atoms with Gasteiger partial charge in [0.05, 0.1) is 11.9 Å². The molecule has 3 aromatic rings. The van der Waals surface area contributed by atoms with Crippen molar-refractivity contribution >= 4 is 17.5 Å². The minimum absolute atomic E-state index is 0.0156. The van der Waals surface area contributed by atoms with Gasteiger partial charge >= 0.3 is 0 Å². The van der Waals surface area contributed by atoms with E-state index in [2.05, 4.69) is 25.4 Å². The van der Waals surface area contributed by atoms with Crippen LogP contribution in [-0.4, -0.2) is 39.1 Å². The summed E-state index contributed by atoms with van der Waals surface area (Å²) < 4.78 is 0. The maximum atomic E-state index is 13.1. The molecule has 1 fully saturated rings. The second kappa shape index (κ2) is 8.54. The lowest BCUT2D eigenvalue weighted by molar-refractivity contribution is -0.126. The highest BCUT2D eigenvalue weighted by atomic mass is 35.5. The first-order chi connectivity index (χ1) is 13.7. The minimum atomic E-state index is -0.318. The van der Waals surface area contributed by atoms with E-state index in [9.17, 15) is 4.79 Å². The van der Waals surface area contributed by atoms with Gasteiger partial charge in [0.1, 0.15) is 6.04 Å². The maximum Gasteiger partial charge on any atom is 0.242 e. The number of rotatable bonds is 6. The van der Waals surface area contributed by atoms with Crippen molar-refractivity contribution in [1.82, 2.24) is 25.4 Å². The number of aromatic amines is 1. The lowest BCUT2D eigenvalue weighted by atomic mass is 10.1. The molecule has 0 saturated carbocycles. The van der Waals surface area contributed by atoms with E-state index < -0.39 is 0 Å². The maximum absolute atomic E-state index is 13.1. The van der Waals surface area contributed by atoms with Crippen LogP contribution in [0.1, 0.15) is 30.0 Å². The van der Waals surface area contributed by atoms with Gasteiger partial charge in [0.2, 0.25) is 5.91 Å². The molecule has 0 radical (unpaired) electrons. The topological polar surface area (TPSA) is 73.9 Å². The second-order valence-corrected chi connectivity index (χ2v) is 7.36. The first-order valence-electron chi connectivity index (χ1n) is 9.42. The Kier molecular flexibility index (Phi) is 5.69. The predicted molar refractivity (Wildman–Crippen MR) is 109 cm³/mol. The highest BCUT2D eigenvalue weighted by Gasteiger charge is 2.29. The highest BCUT2D eigenvalue weighted by Crippen LogP contribution is 2.26. The molecule has 2 aromatic heterocycles. The summed E-state index contributed by atoms with van der Waals surface area (Å²) in [5, 5.41) is 10.9. The molecule has 28 heavy (non-hydrogen) atoms. The third-order valence-electron chi connectivity index (χ3n) is 5.06. The van der Waals surface area contributed by atoms with E-state index in [4.69, 9.17) is 11.6 Å². The Morgan fingerprint density at radius 2 is 1.96 bits per heavy atom. The van der Waals surface area contributed by atoms with Crippen molar-refractivity contribution in [3.05, 3.63) is 71.1 Å². The molecule has 1 amide bonds. The second-order valence-electron chi connectivity index (χ2n) is 6.93. The molecule has 3 heterocycles. The Hall–Kier alpha value is -2.70. The van der Waals surface area contributed by atoms with E-state index in [-0.39, 0.29) is 11.9 Å². The molecule has 1 atom stereocenters. The van der Waals surface area contributed by atoms with Gasteiger partial charge in [-0.05, 0) is 55.3 Å². The average molecular weight is 396 g/mol. The lowest BCUT2D eigenvalue weighted by Gasteiger charge is -2.26. The molecule has 144 valence electrons. The van der Waals surface area contributed by atoms with Gasteiger partial charge in [-0.1, -0.05) is 29.8 Å². The molecule has 0 unspecified atom stereocenters. The van der Waals surface area contributed by atoms with Crippen LogP contribution < -0.4 is 5.32 Å². The number of aromatic nitrogens is 3. The zero-order valence-electron chi connectivity index (χ0n) is 15.4. The van der Waals surface area contributed by atoms with Crippen molar-refractivity contribution in [3.63, 3.8) is 0 Å². The number of carbonyl (C=O) groups excluding carboxylic acids is 1. The Morgan fingerprint density at radius 1 is 1.18 bits per heavy atom. The molecule has 0 spiro atoms. The normalized spacial score (nSPS) is 15.5. The monoisotopic (exact) mass is 395 g/mol. The molecule has 4 rings (SSSR count). The van der Waals surface area contributed by atoms with Gasteiger partial charge in [0.15, 0.2) is 0 Å². The first kappa shape index (κ1) is 18.7.